The maximum atomic E-state index is 9.27. The topological polar surface area (TPSA) is 40.5 Å². The van der Waals surface area contributed by atoms with Crippen molar-refractivity contribution in [3.05, 3.63) is 23.8 Å². The van der Waals surface area contributed by atoms with E-state index in [0.717, 1.165) is 5.57 Å². The molecule has 0 heterocycles. The molecule has 0 saturated carbocycles. The molecule has 0 aromatic heterocycles. The summed E-state index contributed by atoms with van der Waals surface area (Å²) in [6.45, 7) is 3.45. The molecule has 2 nitrogen and oxygen atoms in total. The summed E-state index contributed by atoms with van der Waals surface area (Å²) in [5.74, 6) is 0.00926. The molecule has 0 fully saturated rings. The van der Waals surface area contributed by atoms with E-state index in [2.05, 4.69) is 0 Å². The van der Waals surface area contributed by atoms with E-state index in [0.29, 0.717) is 0 Å². The quantitative estimate of drug-likeness (QED) is 0.619. The Balaban J connectivity index is 2.69. The fourth-order valence-electron chi connectivity index (χ4n) is 1.37. The predicted molar refractivity (Wildman–Crippen MR) is 44.1 cm³/mol. The molecule has 0 saturated heterocycles. The molecule has 0 aromatic rings. The molecule has 0 amide bonds. The molecule has 0 spiro atoms. The van der Waals surface area contributed by atoms with Crippen molar-refractivity contribution in [2.45, 2.75) is 26.1 Å². The predicted octanol–water partition coefficient (Wildman–Crippen LogP) is 0.860. The highest BCUT2D eigenvalue weighted by Crippen LogP contribution is 2.25. The van der Waals surface area contributed by atoms with Crippen LogP contribution in [0, 0.1) is 5.92 Å². The van der Waals surface area contributed by atoms with Gasteiger partial charge >= 0.3 is 0 Å². The lowest BCUT2D eigenvalue weighted by molar-refractivity contribution is 0.143. The summed E-state index contributed by atoms with van der Waals surface area (Å²) in [6, 6.07) is 0. The summed E-state index contributed by atoms with van der Waals surface area (Å²) in [4.78, 5) is 0. The Morgan fingerprint density at radius 2 is 2.00 bits per heavy atom. The molecule has 1 rings (SSSR count). The van der Waals surface area contributed by atoms with Crippen LogP contribution >= 0.6 is 0 Å². The smallest absolute Gasteiger partial charge is 0.0731 e. The van der Waals surface area contributed by atoms with Crippen molar-refractivity contribution in [3.63, 3.8) is 0 Å². The second kappa shape index (κ2) is 3.20. The summed E-state index contributed by atoms with van der Waals surface area (Å²) in [5, 5.41) is 18.5. The molecule has 1 aliphatic rings. The van der Waals surface area contributed by atoms with Gasteiger partial charge in [-0.3, -0.25) is 0 Å². The lowest BCUT2D eigenvalue weighted by Crippen LogP contribution is -2.21. The zero-order chi connectivity index (χ0) is 8.43. The van der Waals surface area contributed by atoms with Gasteiger partial charge in [-0.05, 0) is 19.4 Å². The normalized spacial score (nSPS) is 28.4. The third kappa shape index (κ3) is 1.70. The molecule has 2 N–H and O–H groups in total. The van der Waals surface area contributed by atoms with Gasteiger partial charge < -0.3 is 10.2 Å². The SMILES string of the molecule is CC(O)C1=CC=CC1C(C)O. The van der Waals surface area contributed by atoms with Gasteiger partial charge in [-0.15, -0.1) is 0 Å². The van der Waals surface area contributed by atoms with Gasteiger partial charge in [0, 0.05) is 5.92 Å². The molecule has 3 atom stereocenters. The van der Waals surface area contributed by atoms with Crippen LogP contribution in [-0.4, -0.2) is 22.4 Å². The fraction of sp³-hybridized carbons (Fsp3) is 0.556. The van der Waals surface area contributed by atoms with Crippen molar-refractivity contribution in [1.82, 2.24) is 0 Å². The average molecular weight is 154 g/mol. The van der Waals surface area contributed by atoms with Gasteiger partial charge in [-0.1, -0.05) is 18.2 Å². The van der Waals surface area contributed by atoms with Gasteiger partial charge in [-0.2, -0.15) is 0 Å². The Kier molecular flexibility index (Phi) is 2.47. The van der Waals surface area contributed by atoms with Crippen LogP contribution < -0.4 is 0 Å². The first-order chi connectivity index (χ1) is 5.13. The highest BCUT2D eigenvalue weighted by atomic mass is 16.3. The van der Waals surface area contributed by atoms with Crippen molar-refractivity contribution >= 4 is 0 Å². The lowest BCUT2D eigenvalue weighted by atomic mass is 9.94. The maximum absolute atomic E-state index is 9.27. The Morgan fingerprint density at radius 1 is 1.36 bits per heavy atom. The minimum Gasteiger partial charge on any atom is -0.392 e. The van der Waals surface area contributed by atoms with E-state index in [1.165, 1.54) is 0 Å². The molecule has 0 bridgehead atoms. The fourth-order valence-corrected chi connectivity index (χ4v) is 1.37. The molecule has 1 aliphatic carbocycles. The van der Waals surface area contributed by atoms with Crippen molar-refractivity contribution in [1.29, 1.82) is 0 Å². The van der Waals surface area contributed by atoms with Crippen molar-refractivity contribution < 1.29 is 10.2 Å². The van der Waals surface area contributed by atoms with E-state index < -0.39 is 12.2 Å². The van der Waals surface area contributed by atoms with Gasteiger partial charge in [0.25, 0.3) is 0 Å². The largest absolute Gasteiger partial charge is 0.392 e. The number of allylic oxidation sites excluding steroid dienone is 2. The molecule has 62 valence electrons. The Morgan fingerprint density at radius 3 is 2.36 bits per heavy atom. The van der Waals surface area contributed by atoms with E-state index in [1.54, 1.807) is 13.8 Å². The van der Waals surface area contributed by atoms with Crippen LogP contribution in [0.3, 0.4) is 0 Å². The van der Waals surface area contributed by atoms with Crippen LogP contribution in [0.2, 0.25) is 0 Å². The minimum absolute atomic E-state index is 0.00926. The Labute approximate surface area is 66.9 Å². The van der Waals surface area contributed by atoms with E-state index in [9.17, 15) is 10.2 Å². The van der Waals surface area contributed by atoms with Crippen molar-refractivity contribution in [2.24, 2.45) is 5.92 Å². The molecule has 0 aliphatic heterocycles. The van der Waals surface area contributed by atoms with E-state index >= 15 is 0 Å². The highest BCUT2D eigenvalue weighted by molar-refractivity contribution is 5.30. The van der Waals surface area contributed by atoms with Crippen LogP contribution in [-0.2, 0) is 0 Å². The minimum atomic E-state index is -0.454. The molecule has 11 heavy (non-hydrogen) atoms. The van der Waals surface area contributed by atoms with Gasteiger partial charge in [0.2, 0.25) is 0 Å². The Bertz CT molecular complexity index is 190. The zero-order valence-electron chi connectivity index (χ0n) is 6.86. The van der Waals surface area contributed by atoms with E-state index in [4.69, 9.17) is 0 Å². The number of rotatable bonds is 2. The first-order valence-electron chi connectivity index (χ1n) is 3.87. The first kappa shape index (κ1) is 8.50. The number of aliphatic hydroxyl groups is 2. The molecule has 0 radical (unpaired) electrons. The summed E-state index contributed by atoms with van der Waals surface area (Å²) in [7, 11) is 0. The van der Waals surface area contributed by atoms with E-state index in [-0.39, 0.29) is 5.92 Å². The van der Waals surface area contributed by atoms with Crippen molar-refractivity contribution in [3.8, 4) is 0 Å². The summed E-state index contributed by atoms with van der Waals surface area (Å²) >= 11 is 0. The van der Waals surface area contributed by atoms with Crippen LogP contribution in [0.4, 0.5) is 0 Å². The van der Waals surface area contributed by atoms with Crippen LogP contribution in [0.25, 0.3) is 0 Å². The zero-order valence-corrected chi connectivity index (χ0v) is 6.86. The second-order valence-corrected chi connectivity index (χ2v) is 2.99. The third-order valence-electron chi connectivity index (χ3n) is 1.99. The maximum Gasteiger partial charge on any atom is 0.0731 e. The van der Waals surface area contributed by atoms with E-state index in [1.807, 2.05) is 18.2 Å². The number of hydrogen-bond donors (Lipinski definition) is 2. The highest BCUT2D eigenvalue weighted by Gasteiger charge is 2.22. The molecular formula is C9H14O2. The summed E-state index contributed by atoms with van der Waals surface area (Å²) in [5.41, 5.74) is 0.903. The molecule has 3 unspecified atom stereocenters. The van der Waals surface area contributed by atoms with Crippen LogP contribution in [0.15, 0.2) is 23.8 Å². The van der Waals surface area contributed by atoms with Crippen molar-refractivity contribution in [2.75, 3.05) is 0 Å². The van der Waals surface area contributed by atoms with Gasteiger partial charge in [0.15, 0.2) is 0 Å². The molecular weight excluding hydrogens is 140 g/mol. The first-order valence-corrected chi connectivity index (χ1v) is 3.87. The second-order valence-electron chi connectivity index (χ2n) is 2.99. The molecule has 0 aromatic carbocycles. The van der Waals surface area contributed by atoms with Crippen LogP contribution in [0.5, 0.6) is 0 Å². The molecule has 2 heteroatoms. The number of aliphatic hydroxyl groups excluding tert-OH is 2. The lowest BCUT2D eigenvalue weighted by Gasteiger charge is -2.18. The third-order valence-corrected chi connectivity index (χ3v) is 1.99. The number of hydrogen-bond acceptors (Lipinski definition) is 2. The summed E-state index contributed by atoms with van der Waals surface area (Å²) < 4.78 is 0. The summed E-state index contributed by atoms with van der Waals surface area (Å²) in [6.07, 6.45) is 4.79. The van der Waals surface area contributed by atoms with Gasteiger partial charge in [0.1, 0.15) is 0 Å². The van der Waals surface area contributed by atoms with Gasteiger partial charge in [0.05, 0.1) is 12.2 Å². The monoisotopic (exact) mass is 154 g/mol. The average Bonchev–Trinajstić information content (AvgIpc) is 2.32. The standard InChI is InChI=1S/C9H14O2/c1-6(10)8-4-3-5-9(8)7(2)11/h3-8,10-11H,1-2H3. The van der Waals surface area contributed by atoms with Gasteiger partial charge in [-0.25, -0.2) is 0 Å². The van der Waals surface area contributed by atoms with Crippen LogP contribution in [0.1, 0.15) is 13.8 Å². The Hall–Kier alpha value is -0.600.